The summed E-state index contributed by atoms with van der Waals surface area (Å²) in [6.45, 7) is 3.36. The number of aliphatic hydroxyl groups excluding tert-OH is 2. The summed E-state index contributed by atoms with van der Waals surface area (Å²) in [7, 11) is 0. The molecule has 2 aromatic carbocycles. The Bertz CT molecular complexity index is 647. The van der Waals surface area contributed by atoms with Crippen LogP contribution in [0.5, 0.6) is 0 Å². The molecular formula is C18H21NO2. The molecule has 0 spiro atoms. The van der Waals surface area contributed by atoms with E-state index in [1.54, 1.807) is 6.08 Å². The fourth-order valence-corrected chi connectivity index (χ4v) is 3.01. The second-order valence-electron chi connectivity index (χ2n) is 5.68. The van der Waals surface area contributed by atoms with Gasteiger partial charge in [0.2, 0.25) is 0 Å². The van der Waals surface area contributed by atoms with E-state index in [1.165, 1.54) is 16.3 Å². The van der Waals surface area contributed by atoms with Crippen molar-refractivity contribution in [2.45, 2.75) is 25.2 Å². The first-order chi connectivity index (χ1) is 10.2. The lowest BCUT2D eigenvalue weighted by atomic mass is 9.98. The van der Waals surface area contributed by atoms with Crippen LogP contribution in [0.4, 0.5) is 0 Å². The molecule has 0 aromatic heterocycles. The molecule has 1 heterocycles. The van der Waals surface area contributed by atoms with Crippen molar-refractivity contribution in [1.29, 1.82) is 0 Å². The maximum atomic E-state index is 9.99. The number of β-amino-alcohol motifs (C(OH)–C–C–N with tert-alkyl or cyclic N) is 1. The van der Waals surface area contributed by atoms with E-state index in [2.05, 4.69) is 48.2 Å². The highest BCUT2D eigenvalue weighted by atomic mass is 16.3. The van der Waals surface area contributed by atoms with Crippen LogP contribution in [0.1, 0.15) is 18.5 Å². The molecule has 0 fully saturated rings. The average Bonchev–Trinajstić information content (AvgIpc) is 2.68. The number of rotatable bonds is 2. The smallest absolute Gasteiger partial charge is 0.0993 e. The molecule has 110 valence electrons. The van der Waals surface area contributed by atoms with E-state index < -0.39 is 12.2 Å². The summed E-state index contributed by atoms with van der Waals surface area (Å²) < 4.78 is 0. The minimum absolute atomic E-state index is 0.181. The minimum Gasteiger partial charge on any atom is -0.389 e. The Balaban J connectivity index is 1.93. The van der Waals surface area contributed by atoms with E-state index in [9.17, 15) is 10.2 Å². The third kappa shape index (κ3) is 2.86. The van der Waals surface area contributed by atoms with Crippen LogP contribution in [-0.4, -0.2) is 40.4 Å². The fraction of sp³-hybridized carbons (Fsp3) is 0.333. The monoisotopic (exact) mass is 283 g/mol. The molecule has 3 rings (SSSR count). The standard InChI is InChI=1S/C18H21NO2/c1-13(19-11-5-10-17(20)18(21)12-19)15-9-4-7-14-6-2-3-8-16(14)15/h2-10,13,17-18,20-21H,11-12H2,1H3/t13-,17-,18-/m1/s1. The van der Waals surface area contributed by atoms with Crippen LogP contribution in [0.25, 0.3) is 10.8 Å². The zero-order valence-electron chi connectivity index (χ0n) is 12.2. The summed E-state index contributed by atoms with van der Waals surface area (Å²) in [4.78, 5) is 2.19. The Morgan fingerprint density at radius 1 is 1.10 bits per heavy atom. The van der Waals surface area contributed by atoms with E-state index in [0.29, 0.717) is 6.54 Å². The molecule has 2 N–H and O–H groups in total. The summed E-state index contributed by atoms with van der Waals surface area (Å²) in [6, 6.07) is 14.9. The number of hydrogen-bond donors (Lipinski definition) is 2. The number of aliphatic hydroxyl groups is 2. The molecule has 21 heavy (non-hydrogen) atoms. The van der Waals surface area contributed by atoms with E-state index in [1.807, 2.05) is 12.1 Å². The van der Waals surface area contributed by atoms with Crippen molar-refractivity contribution in [3.63, 3.8) is 0 Å². The highest BCUT2D eigenvalue weighted by Crippen LogP contribution is 2.28. The first-order valence-electron chi connectivity index (χ1n) is 7.41. The van der Waals surface area contributed by atoms with Gasteiger partial charge in [0.1, 0.15) is 0 Å². The summed E-state index contributed by atoms with van der Waals surface area (Å²) in [5, 5.41) is 22.2. The van der Waals surface area contributed by atoms with Crippen molar-refractivity contribution in [1.82, 2.24) is 4.90 Å². The second kappa shape index (κ2) is 5.98. The molecule has 3 nitrogen and oxygen atoms in total. The van der Waals surface area contributed by atoms with Crippen molar-refractivity contribution in [3.05, 3.63) is 60.2 Å². The van der Waals surface area contributed by atoms with Crippen LogP contribution >= 0.6 is 0 Å². The molecule has 0 aliphatic carbocycles. The first kappa shape index (κ1) is 14.3. The highest BCUT2D eigenvalue weighted by molar-refractivity contribution is 5.86. The topological polar surface area (TPSA) is 43.7 Å². The summed E-state index contributed by atoms with van der Waals surface area (Å²) >= 11 is 0. The molecule has 2 aromatic rings. The van der Waals surface area contributed by atoms with Gasteiger partial charge in [-0.25, -0.2) is 0 Å². The van der Waals surface area contributed by atoms with Crippen LogP contribution in [-0.2, 0) is 0 Å². The Morgan fingerprint density at radius 2 is 1.86 bits per heavy atom. The zero-order chi connectivity index (χ0) is 14.8. The molecule has 1 aliphatic heterocycles. The SMILES string of the molecule is C[C@H](c1cccc2ccccc12)N1CC=C[C@@H](O)[C@H](O)C1. The Kier molecular flexibility index (Phi) is 4.06. The molecule has 3 atom stereocenters. The van der Waals surface area contributed by atoms with Gasteiger partial charge in [-0.1, -0.05) is 54.6 Å². The van der Waals surface area contributed by atoms with Gasteiger partial charge < -0.3 is 10.2 Å². The molecule has 0 amide bonds. The Labute approximate surface area is 125 Å². The van der Waals surface area contributed by atoms with Crippen LogP contribution in [0.3, 0.4) is 0 Å². The minimum atomic E-state index is -0.769. The van der Waals surface area contributed by atoms with Gasteiger partial charge in [-0.15, -0.1) is 0 Å². The molecule has 1 aliphatic rings. The van der Waals surface area contributed by atoms with Gasteiger partial charge in [-0.2, -0.15) is 0 Å². The third-order valence-corrected chi connectivity index (χ3v) is 4.31. The Hall–Kier alpha value is -1.68. The van der Waals surface area contributed by atoms with Gasteiger partial charge >= 0.3 is 0 Å². The van der Waals surface area contributed by atoms with Crippen molar-refractivity contribution in [3.8, 4) is 0 Å². The van der Waals surface area contributed by atoms with Crippen molar-refractivity contribution >= 4 is 10.8 Å². The van der Waals surface area contributed by atoms with Crippen LogP contribution in [0, 0.1) is 0 Å². The average molecular weight is 283 g/mol. The Morgan fingerprint density at radius 3 is 2.71 bits per heavy atom. The van der Waals surface area contributed by atoms with E-state index in [4.69, 9.17) is 0 Å². The van der Waals surface area contributed by atoms with E-state index in [-0.39, 0.29) is 6.04 Å². The van der Waals surface area contributed by atoms with E-state index >= 15 is 0 Å². The molecule has 0 bridgehead atoms. The van der Waals surface area contributed by atoms with Gasteiger partial charge in [0, 0.05) is 19.1 Å². The number of nitrogens with zero attached hydrogens (tertiary/aromatic N) is 1. The number of hydrogen-bond acceptors (Lipinski definition) is 3. The predicted molar refractivity (Wildman–Crippen MR) is 85.1 cm³/mol. The van der Waals surface area contributed by atoms with Crippen molar-refractivity contribution in [2.24, 2.45) is 0 Å². The normalized spacial score (nSPS) is 24.9. The molecule has 3 heteroatoms. The molecular weight excluding hydrogens is 262 g/mol. The van der Waals surface area contributed by atoms with Crippen LogP contribution < -0.4 is 0 Å². The molecule has 0 unspecified atom stereocenters. The van der Waals surface area contributed by atoms with Gasteiger partial charge in [-0.3, -0.25) is 4.90 Å². The summed E-state index contributed by atoms with van der Waals surface area (Å²) in [6.07, 6.45) is 2.11. The molecule has 0 saturated heterocycles. The number of fused-ring (bicyclic) bond motifs is 1. The maximum absolute atomic E-state index is 9.99. The molecule has 0 saturated carbocycles. The first-order valence-corrected chi connectivity index (χ1v) is 7.41. The third-order valence-electron chi connectivity index (χ3n) is 4.31. The lowest BCUT2D eigenvalue weighted by Crippen LogP contribution is -2.37. The van der Waals surface area contributed by atoms with Crippen molar-refractivity contribution in [2.75, 3.05) is 13.1 Å². The fourth-order valence-electron chi connectivity index (χ4n) is 3.01. The molecule has 0 radical (unpaired) electrons. The largest absolute Gasteiger partial charge is 0.389 e. The summed E-state index contributed by atoms with van der Waals surface area (Å²) in [5.41, 5.74) is 1.25. The lowest BCUT2D eigenvalue weighted by Gasteiger charge is -2.30. The second-order valence-corrected chi connectivity index (χ2v) is 5.68. The highest BCUT2D eigenvalue weighted by Gasteiger charge is 2.24. The number of benzene rings is 2. The van der Waals surface area contributed by atoms with Gasteiger partial charge in [0.05, 0.1) is 12.2 Å². The van der Waals surface area contributed by atoms with Crippen LogP contribution in [0.15, 0.2) is 54.6 Å². The van der Waals surface area contributed by atoms with Crippen molar-refractivity contribution < 1.29 is 10.2 Å². The maximum Gasteiger partial charge on any atom is 0.0993 e. The van der Waals surface area contributed by atoms with Gasteiger partial charge in [-0.05, 0) is 23.3 Å². The predicted octanol–water partition coefficient (Wildman–Crippen LogP) is 2.49. The van der Waals surface area contributed by atoms with Gasteiger partial charge in [0.25, 0.3) is 0 Å². The zero-order valence-corrected chi connectivity index (χ0v) is 12.2. The van der Waals surface area contributed by atoms with Gasteiger partial charge in [0.15, 0.2) is 0 Å². The summed E-state index contributed by atoms with van der Waals surface area (Å²) in [5.74, 6) is 0. The quantitative estimate of drug-likeness (QED) is 0.832. The lowest BCUT2D eigenvalue weighted by molar-refractivity contribution is 0.0217. The van der Waals surface area contributed by atoms with E-state index in [0.717, 1.165) is 6.54 Å². The van der Waals surface area contributed by atoms with Crippen LogP contribution in [0.2, 0.25) is 0 Å².